The number of fused-ring (bicyclic) bond motifs is 4. The number of hydrogen-bond donors (Lipinski definition) is 0. The van der Waals surface area contributed by atoms with Crippen molar-refractivity contribution in [2.45, 2.75) is 31.2 Å². The maximum atomic E-state index is 12.8. The maximum Gasteiger partial charge on any atom is 0.231 e. The molecule has 3 heterocycles. The molecule has 5 heteroatoms. The van der Waals surface area contributed by atoms with Gasteiger partial charge in [0.1, 0.15) is 5.54 Å². The van der Waals surface area contributed by atoms with Crippen LogP contribution >= 0.6 is 0 Å². The molecule has 0 bridgehead atoms. The number of benzene rings is 1. The molecule has 0 aliphatic carbocycles. The molecule has 22 heavy (non-hydrogen) atoms. The molecule has 4 rings (SSSR count). The summed E-state index contributed by atoms with van der Waals surface area (Å²) in [6, 6.07) is 3.83. The van der Waals surface area contributed by atoms with Gasteiger partial charge in [0.05, 0.1) is 0 Å². The fraction of sp³-hybridized carbons (Fsp3) is 0.412. The van der Waals surface area contributed by atoms with Crippen molar-refractivity contribution >= 4 is 11.7 Å². The van der Waals surface area contributed by atoms with Crippen LogP contribution in [0.2, 0.25) is 0 Å². The number of hydrogen-bond acceptors (Lipinski definition) is 4. The van der Waals surface area contributed by atoms with Crippen LogP contribution in [0, 0.1) is 0 Å². The third-order valence-electron chi connectivity index (χ3n) is 4.88. The molecule has 1 fully saturated rings. The number of carbonyl (C=O) groups excluding carboxylic acids is 2. The van der Waals surface area contributed by atoms with Crippen LogP contribution in [0.4, 0.5) is 0 Å². The van der Waals surface area contributed by atoms with E-state index in [-0.39, 0.29) is 24.9 Å². The van der Waals surface area contributed by atoms with Crippen molar-refractivity contribution < 1.29 is 19.1 Å². The first-order valence-electron chi connectivity index (χ1n) is 7.54. The van der Waals surface area contributed by atoms with Gasteiger partial charge in [-0.3, -0.25) is 9.59 Å². The quantitative estimate of drug-likeness (QED) is 0.783. The molecule has 0 saturated carbocycles. The first-order chi connectivity index (χ1) is 10.7. The van der Waals surface area contributed by atoms with Crippen molar-refractivity contribution in [3.63, 3.8) is 0 Å². The van der Waals surface area contributed by atoms with Crippen LogP contribution in [0.3, 0.4) is 0 Å². The Labute approximate surface area is 128 Å². The standard InChI is InChI=1S/C17H17NO4/c1-2-6-17-12-9-14-13(21-10-22-14)8-11(12)5-7-18(17)16(20)4-3-15(17)19/h2,8-9H,1,3-7,10H2. The van der Waals surface area contributed by atoms with Gasteiger partial charge in [-0.15, -0.1) is 6.58 Å². The van der Waals surface area contributed by atoms with Crippen molar-refractivity contribution in [1.82, 2.24) is 4.90 Å². The van der Waals surface area contributed by atoms with Gasteiger partial charge in [0.2, 0.25) is 12.7 Å². The predicted octanol–water partition coefficient (Wildman–Crippen LogP) is 1.93. The highest BCUT2D eigenvalue weighted by Gasteiger charge is 2.52. The average Bonchev–Trinajstić information content (AvgIpc) is 2.97. The molecule has 1 aromatic rings. The van der Waals surface area contributed by atoms with E-state index in [0.29, 0.717) is 25.1 Å². The highest BCUT2D eigenvalue weighted by atomic mass is 16.7. The third kappa shape index (κ3) is 1.59. The second-order valence-electron chi connectivity index (χ2n) is 5.93. The summed E-state index contributed by atoms with van der Waals surface area (Å²) in [6.45, 7) is 4.56. The Morgan fingerprint density at radius 3 is 2.73 bits per heavy atom. The zero-order valence-electron chi connectivity index (χ0n) is 12.3. The van der Waals surface area contributed by atoms with Gasteiger partial charge in [-0.2, -0.15) is 0 Å². The van der Waals surface area contributed by atoms with Gasteiger partial charge >= 0.3 is 0 Å². The smallest absolute Gasteiger partial charge is 0.231 e. The van der Waals surface area contributed by atoms with Gasteiger partial charge in [0.25, 0.3) is 0 Å². The molecule has 0 spiro atoms. The Balaban J connectivity index is 1.95. The summed E-state index contributed by atoms with van der Waals surface area (Å²) in [5.41, 5.74) is 1.03. The lowest BCUT2D eigenvalue weighted by Crippen LogP contribution is -2.60. The molecular formula is C17H17NO4. The zero-order chi connectivity index (χ0) is 15.3. The lowest BCUT2D eigenvalue weighted by molar-refractivity contribution is -0.154. The minimum atomic E-state index is -0.911. The Kier molecular flexibility index (Phi) is 2.79. The van der Waals surface area contributed by atoms with E-state index in [2.05, 4.69) is 6.58 Å². The molecule has 5 nitrogen and oxygen atoms in total. The van der Waals surface area contributed by atoms with Crippen LogP contribution in [0.25, 0.3) is 0 Å². The fourth-order valence-corrected chi connectivity index (χ4v) is 3.89. The number of nitrogens with zero attached hydrogens (tertiary/aromatic N) is 1. The minimum Gasteiger partial charge on any atom is -0.454 e. The molecule has 1 aromatic carbocycles. The molecule has 1 atom stereocenters. The number of rotatable bonds is 2. The van der Waals surface area contributed by atoms with Gasteiger partial charge in [0, 0.05) is 19.4 Å². The van der Waals surface area contributed by atoms with Crippen molar-refractivity contribution in [3.8, 4) is 11.5 Å². The monoisotopic (exact) mass is 299 g/mol. The molecular weight excluding hydrogens is 282 g/mol. The van der Waals surface area contributed by atoms with E-state index < -0.39 is 5.54 Å². The largest absolute Gasteiger partial charge is 0.454 e. The highest BCUT2D eigenvalue weighted by Crippen LogP contribution is 2.47. The maximum absolute atomic E-state index is 12.8. The van der Waals surface area contributed by atoms with Crippen molar-refractivity contribution in [2.75, 3.05) is 13.3 Å². The summed E-state index contributed by atoms with van der Waals surface area (Å²) in [5, 5.41) is 0. The summed E-state index contributed by atoms with van der Waals surface area (Å²) in [6.07, 6.45) is 3.48. The van der Waals surface area contributed by atoms with Gasteiger partial charge in [-0.25, -0.2) is 0 Å². The van der Waals surface area contributed by atoms with Crippen molar-refractivity contribution in [2.24, 2.45) is 0 Å². The molecule has 3 aliphatic rings. The predicted molar refractivity (Wildman–Crippen MR) is 78.7 cm³/mol. The van der Waals surface area contributed by atoms with E-state index >= 15 is 0 Å². The van der Waals surface area contributed by atoms with Crippen LogP contribution in [0.1, 0.15) is 30.4 Å². The summed E-state index contributed by atoms with van der Waals surface area (Å²) in [4.78, 5) is 27.0. The number of Topliss-reactive ketones (excluding diaryl/α,β-unsaturated/α-hetero) is 1. The Bertz CT molecular complexity index is 696. The van der Waals surface area contributed by atoms with E-state index in [1.54, 1.807) is 11.0 Å². The van der Waals surface area contributed by atoms with E-state index in [9.17, 15) is 9.59 Å². The first kappa shape index (κ1) is 13.4. The molecule has 1 amide bonds. The van der Waals surface area contributed by atoms with Crippen molar-refractivity contribution in [1.29, 1.82) is 0 Å². The molecule has 0 N–H and O–H groups in total. The summed E-state index contributed by atoms with van der Waals surface area (Å²) >= 11 is 0. The van der Waals surface area contributed by atoms with Crippen LogP contribution < -0.4 is 9.47 Å². The third-order valence-corrected chi connectivity index (χ3v) is 4.88. The topological polar surface area (TPSA) is 55.8 Å². The molecule has 3 aliphatic heterocycles. The highest BCUT2D eigenvalue weighted by molar-refractivity contribution is 6.00. The summed E-state index contributed by atoms with van der Waals surface area (Å²) < 4.78 is 10.9. The normalized spacial score (nSPS) is 25.7. The minimum absolute atomic E-state index is 0.0461. The number of amides is 1. The van der Waals surface area contributed by atoms with Gasteiger partial charge in [0.15, 0.2) is 17.3 Å². The fourth-order valence-electron chi connectivity index (χ4n) is 3.89. The number of piperidine rings is 1. The van der Waals surface area contributed by atoms with Gasteiger partial charge in [-0.1, -0.05) is 6.08 Å². The lowest BCUT2D eigenvalue weighted by Gasteiger charge is -2.49. The Morgan fingerprint density at radius 1 is 1.18 bits per heavy atom. The average molecular weight is 299 g/mol. The molecule has 0 aromatic heterocycles. The molecule has 1 unspecified atom stereocenters. The Morgan fingerprint density at radius 2 is 1.95 bits per heavy atom. The van der Waals surface area contributed by atoms with E-state index in [1.807, 2.05) is 12.1 Å². The molecule has 114 valence electrons. The molecule has 1 saturated heterocycles. The van der Waals surface area contributed by atoms with Crippen LogP contribution in [0.5, 0.6) is 11.5 Å². The second-order valence-corrected chi connectivity index (χ2v) is 5.93. The lowest BCUT2D eigenvalue weighted by atomic mass is 9.72. The van der Waals surface area contributed by atoms with Gasteiger partial charge in [-0.05, 0) is 36.1 Å². The van der Waals surface area contributed by atoms with Crippen LogP contribution in [-0.2, 0) is 21.5 Å². The van der Waals surface area contributed by atoms with Crippen molar-refractivity contribution in [3.05, 3.63) is 35.9 Å². The van der Waals surface area contributed by atoms with E-state index in [1.165, 1.54) is 0 Å². The van der Waals surface area contributed by atoms with Crippen LogP contribution in [0.15, 0.2) is 24.8 Å². The van der Waals surface area contributed by atoms with E-state index in [4.69, 9.17) is 9.47 Å². The van der Waals surface area contributed by atoms with E-state index in [0.717, 1.165) is 23.3 Å². The number of ketones is 1. The summed E-state index contributed by atoms with van der Waals surface area (Å²) in [7, 11) is 0. The van der Waals surface area contributed by atoms with Gasteiger partial charge < -0.3 is 14.4 Å². The Hall–Kier alpha value is -2.30. The zero-order valence-corrected chi connectivity index (χ0v) is 12.3. The number of carbonyl (C=O) groups is 2. The SMILES string of the molecule is C=CCC12C(=O)CCC(=O)N1CCc1cc3c(cc12)OCO3. The van der Waals surface area contributed by atoms with Crippen LogP contribution in [-0.4, -0.2) is 29.9 Å². The first-order valence-corrected chi connectivity index (χ1v) is 7.54. The second kappa shape index (κ2) is 4.60. The molecule has 0 radical (unpaired) electrons. The summed E-state index contributed by atoms with van der Waals surface area (Å²) in [5.74, 6) is 1.50. The number of ether oxygens (including phenoxy) is 2.